The molecule has 0 amide bonds. The summed E-state index contributed by atoms with van der Waals surface area (Å²) in [6.45, 7) is 0.265. The first kappa shape index (κ1) is 28.1. The first-order valence-electron chi connectivity index (χ1n) is 12.7. The van der Waals surface area contributed by atoms with Crippen molar-refractivity contribution >= 4 is 32.3 Å². The molecule has 0 bridgehead atoms. The Kier molecular flexibility index (Phi) is 6.54. The number of ether oxygens (including phenoxy) is 4. The average Bonchev–Trinajstić information content (AvgIpc) is 3.32. The molecule has 0 saturated carbocycles. The fourth-order valence-corrected chi connectivity index (χ4v) is 6.09. The molecule has 6 rings (SSSR count). The third-order valence-electron chi connectivity index (χ3n) is 7.45. The van der Waals surface area contributed by atoms with Crippen molar-refractivity contribution in [3.05, 3.63) is 52.4 Å². The van der Waals surface area contributed by atoms with E-state index in [1.165, 1.54) is 40.6 Å². The molecule has 43 heavy (non-hydrogen) atoms. The molecule has 2 aromatic heterocycles. The van der Waals surface area contributed by atoms with Crippen LogP contribution in [-0.4, -0.2) is 56.2 Å². The Morgan fingerprint density at radius 1 is 0.884 bits per heavy atom. The molecule has 0 spiro atoms. The summed E-state index contributed by atoms with van der Waals surface area (Å²) in [5.41, 5.74) is 1.98. The number of hydrogen-bond acceptors (Lipinski definition) is 11. The smallest absolute Gasteiger partial charge is 0.446 e. The number of aromatic hydroxyl groups is 2. The molecule has 0 radical (unpaired) electrons. The van der Waals surface area contributed by atoms with Gasteiger partial charge < -0.3 is 42.3 Å². The fourth-order valence-electron chi connectivity index (χ4n) is 5.73. The van der Waals surface area contributed by atoms with Crippen LogP contribution in [0.2, 0.25) is 0 Å². The largest absolute Gasteiger partial charge is 0.504 e. The minimum atomic E-state index is -4.94. The van der Waals surface area contributed by atoms with Gasteiger partial charge in [0, 0.05) is 40.1 Å². The van der Waals surface area contributed by atoms with Crippen LogP contribution in [0.4, 0.5) is 0 Å². The molecule has 3 aromatic carbocycles. The van der Waals surface area contributed by atoms with Crippen LogP contribution in [0, 0.1) is 0 Å². The molecular weight excluding hydrogens is 586 g/mol. The summed E-state index contributed by atoms with van der Waals surface area (Å²) < 4.78 is 65.8. The molecule has 224 valence electrons. The third kappa shape index (κ3) is 4.33. The number of methoxy groups -OCH3 is 4. The van der Waals surface area contributed by atoms with Crippen molar-refractivity contribution in [2.75, 3.05) is 28.4 Å². The topological polar surface area (TPSA) is 176 Å². The lowest BCUT2D eigenvalue weighted by molar-refractivity contribution is 0.331. The zero-order valence-electron chi connectivity index (χ0n) is 23.2. The predicted octanol–water partition coefficient (Wildman–Crippen LogP) is 4.27. The van der Waals surface area contributed by atoms with E-state index in [4.69, 9.17) is 23.4 Å². The van der Waals surface area contributed by atoms with E-state index in [1.807, 2.05) is 0 Å². The van der Waals surface area contributed by atoms with Crippen molar-refractivity contribution < 1.29 is 50.7 Å². The summed E-state index contributed by atoms with van der Waals surface area (Å²) in [5, 5.41) is 22.7. The lowest BCUT2D eigenvalue weighted by Gasteiger charge is -2.24. The van der Waals surface area contributed by atoms with E-state index in [0.29, 0.717) is 45.1 Å². The average molecular weight is 612 g/mol. The lowest BCUT2D eigenvalue weighted by Crippen LogP contribution is -2.15. The van der Waals surface area contributed by atoms with E-state index < -0.39 is 21.8 Å². The molecule has 0 saturated heterocycles. The second-order valence-corrected chi connectivity index (χ2v) is 10.6. The van der Waals surface area contributed by atoms with Gasteiger partial charge in [-0.1, -0.05) is 6.07 Å². The molecule has 0 atom stereocenters. The highest BCUT2D eigenvalue weighted by Crippen LogP contribution is 2.52. The van der Waals surface area contributed by atoms with E-state index in [9.17, 15) is 28.0 Å². The van der Waals surface area contributed by atoms with Gasteiger partial charge in [-0.25, -0.2) is 4.79 Å². The van der Waals surface area contributed by atoms with Gasteiger partial charge in [0.15, 0.2) is 34.5 Å². The van der Waals surface area contributed by atoms with Gasteiger partial charge in [-0.15, -0.1) is 0 Å². The number of aromatic nitrogens is 1. The predicted molar refractivity (Wildman–Crippen MR) is 154 cm³/mol. The molecule has 14 heteroatoms. The fraction of sp³-hybridized carbons (Fsp3) is 0.207. The summed E-state index contributed by atoms with van der Waals surface area (Å²) in [5.74, 6) is -0.0988. The van der Waals surface area contributed by atoms with Gasteiger partial charge in [0.25, 0.3) is 0 Å². The zero-order chi connectivity index (χ0) is 30.8. The minimum Gasteiger partial charge on any atom is -0.504 e. The number of rotatable bonds is 7. The number of benzene rings is 3. The number of aryl methyl sites for hydroxylation is 1. The van der Waals surface area contributed by atoms with Gasteiger partial charge in [0.1, 0.15) is 11.1 Å². The van der Waals surface area contributed by atoms with Crippen LogP contribution in [0.15, 0.2) is 45.6 Å². The molecule has 3 N–H and O–H groups in total. The number of nitrogens with zero attached hydrogens (tertiary/aromatic N) is 1. The first-order valence-corrected chi connectivity index (χ1v) is 14.1. The quantitative estimate of drug-likeness (QED) is 0.176. The van der Waals surface area contributed by atoms with Gasteiger partial charge in [-0.3, -0.25) is 4.55 Å². The highest BCUT2D eigenvalue weighted by atomic mass is 32.3. The molecule has 5 aromatic rings. The Labute approximate surface area is 243 Å². The maximum atomic E-state index is 13.6. The highest BCUT2D eigenvalue weighted by molar-refractivity contribution is 7.81. The second kappa shape index (κ2) is 10.0. The molecule has 1 aliphatic rings. The summed E-state index contributed by atoms with van der Waals surface area (Å²) in [7, 11) is 0.612. The van der Waals surface area contributed by atoms with Gasteiger partial charge >= 0.3 is 16.0 Å². The van der Waals surface area contributed by atoms with Crippen molar-refractivity contribution in [1.29, 1.82) is 0 Å². The van der Waals surface area contributed by atoms with E-state index in [-0.39, 0.29) is 52.1 Å². The van der Waals surface area contributed by atoms with Crippen LogP contribution < -0.4 is 28.8 Å². The summed E-state index contributed by atoms with van der Waals surface area (Å²) >= 11 is 0. The standard InChI is InChI=1S/C29H25NO12S/c1-37-18-6-5-13(9-17(18)31)23-24-16-11-20(38-2)21(42-43(34,35)36)12-19(16)41-29(33)26(24)30-8-7-14-15(25(23)30)10-22(39-3)28(40-4)27(14)32/h5-6,9-12,31-32H,7-8H2,1-4H3,(H,34,35,36). The SMILES string of the molecule is COc1ccc(-c2c3n(c4c(=O)oc5cc(OS(=O)(=O)O)c(OC)cc5c24)CCc2c-3cc(OC)c(OC)c2O)cc1O. The van der Waals surface area contributed by atoms with E-state index in [2.05, 4.69) is 4.18 Å². The molecule has 3 heterocycles. The molecule has 1 aliphatic heterocycles. The van der Waals surface area contributed by atoms with Crippen LogP contribution in [0.5, 0.6) is 40.2 Å². The molecule has 0 aliphatic carbocycles. The van der Waals surface area contributed by atoms with Crippen molar-refractivity contribution in [1.82, 2.24) is 4.57 Å². The Bertz CT molecular complexity index is 2130. The highest BCUT2D eigenvalue weighted by Gasteiger charge is 2.33. The van der Waals surface area contributed by atoms with Crippen molar-refractivity contribution in [2.24, 2.45) is 0 Å². The number of phenols is 2. The lowest BCUT2D eigenvalue weighted by atomic mass is 9.91. The van der Waals surface area contributed by atoms with Crippen molar-refractivity contribution in [3.8, 4) is 62.6 Å². The summed E-state index contributed by atoms with van der Waals surface area (Å²) in [6.07, 6.45) is 0.327. The zero-order valence-corrected chi connectivity index (χ0v) is 24.1. The second-order valence-electron chi connectivity index (χ2n) is 9.62. The number of fused-ring (bicyclic) bond motifs is 7. The van der Waals surface area contributed by atoms with Crippen LogP contribution in [0.1, 0.15) is 5.56 Å². The van der Waals surface area contributed by atoms with Crippen LogP contribution >= 0.6 is 0 Å². The van der Waals surface area contributed by atoms with E-state index in [1.54, 1.807) is 22.8 Å². The van der Waals surface area contributed by atoms with E-state index >= 15 is 0 Å². The van der Waals surface area contributed by atoms with Crippen LogP contribution in [-0.2, 0) is 23.4 Å². The van der Waals surface area contributed by atoms with Crippen molar-refractivity contribution in [3.63, 3.8) is 0 Å². The van der Waals surface area contributed by atoms with Crippen LogP contribution in [0.25, 0.3) is 44.3 Å². The number of hydrogen-bond donors (Lipinski definition) is 3. The van der Waals surface area contributed by atoms with Gasteiger partial charge in [-0.2, -0.15) is 8.42 Å². The molecule has 0 fully saturated rings. The first-order chi connectivity index (χ1) is 20.5. The third-order valence-corrected chi connectivity index (χ3v) is 7.84. The summed E-state index contributed by atoms with van der Waals surface area (Å²) in [4.78, 5) is 13.6. The molecule has 0 unspecified atom stereocenters. The van der Waals surface area contributed by atoms with Gasteiger partial charge in [-0.05, 0) is 36.2 Å². The number of phenolic OH excluding ortho intramolecular Hbond substituents is 2. The van der Waals surface area contributed by atoms with Gasteiger partial charge in [0.2, 0.25) is 5.75 Å². The van der Waals surface area contributed by atoms with Crippen LogP contribution in [0.3, 0.4) is 0 Å². The maximum absolute atomic E-state index is 13.6. The Morgan fingerprint density at radius 3 is 2.23 bits per heavy atom. The molecule has 13 nitrogen and oxygen atoms in total. The Morgan fingerprint density at radius 2 is 1.60 bits per heavy atom. The summed E-state index contributed by atoms with van der Waals surface area (Å²) in [6, 6.07) is 9.01. The normalized spacial score (nSPS) is 12.6. The maximum Gasteiger partial charge on any atom is 0.446 e. The van der Waals surface area contributed by atoms with Gasteiger partial charge in [0.05, 0.1) is 34.1 Å². The van der Waals surface area contributed by atoms with E-state index in [0.717, 1.165) is 6.07 Å². The monoisotopic (exact) mass is 611 g/mol. The Hall–Kier alpha value is -5.08. The van der Waals surface area contributed by atoms with Crippen molar-refractivity contribution in [2.45, 2.75) is 13.0 Å². The Balaban J connectivity index is 1.82. The molecular formula is C29H25NO12S. The minimum absolute atomic E-state index is 0.0609.